The van der Waals surface area contributed by atoms with Crippen molar-refractivity contribution >= 4 is 17.3 Å². The first-order valence-electron chi connectivity index (χ1n) is 8.29. The summed E-state index contributed by atoms with van der Waals surface area (Å²) in [6, 6.07) is 3.60. The van der Waals surface area contributed by atoms with Gasteiger partial charge in [-0.2, -0.15) is 0 Å². The van der Waals surface area contributed by atoms with Gasteiger partial charge in [-0.15, -0.1) is 4.72 Å². The molecule has 1 aromatic rings. The highest BCUT2D eigenvalue weighted by atomic mass is 32.2. The molecule has 0 radical (unpaired) electrons. The standard InChI is InChI=1S/C18H25NO3S/c1-5-22-17(20)16(18-8-14(9-18)10-18)19-23(21)15-12(3)6-11(2)7-13(15)4/h6-7,14,16,19H,5,8-10H2,1-4H3/t14?,16-,18?,23+/m1/s1. The Kier molecular flexibility index (Phi) is 4.47. The maximum atomic E-state index is 12.9. The number of ether oxygens (including phenoxy) is 1. The Balaban J connectivity index is 1.81. The van der Waals surface area contributed by atoms with Crippen molar-refractivity contribution in [3.63, 3.8) is 0 Å². The highest BCUT2D eigenvalue weighted by Gasteiger charge is 2.64. The van der Waals surface area contributed by atoms with Crippen LogP contribution in [0.1, 0.15) is 42.9 Å². The molecule has 4 rings (SSSR count). The molecule has 0 aliphatic heterocycles. The van der Waals surface area contributed by atoms with Crippen molar-refractivity contribution in [3.05, 3.63) is 28.8 Å². The smallest absolute Gasteiger partial charge is 0.328 e. The van der Waals surface area contributed by atoms with E-state index in [4.69, 9.17) is 4.74 Å². The van der Waals surface area contributed by atoms with Crippen LogP contribution in [0, 0.1) is 32.1 Å². The normalized spacial score (nSPS) is 27.6. The number of esters is 1. The summed E-state index contributed by atoms with van der Waals surface area (Å²) in [5.41, 5.74) is 3.11. The minimum atomic E-state index is -1.41. The minimum Gasteiger partial charge on any atom is -0.593 e. The van der Waals surface area contributed by atoms with Crippen LogP contribution in [0.15, 0.2) is 17.0 Å². The average Bonchev–Trinajstić information content (AvgIpc) is 2.33. The summed E-state index contributed by atoms with van der Waals surface area (Å²) in [5, 5.41) is 0. The highest BCUT2D eigenvalue weighted by molar-refractivity contribution is 7.89. The van der Waals surface area contributed by atoms with E-state index in [1.54, 1.807) is 0 Å². The number of nitrogens with one attached hydrogen (secondary N) is 1. The maximum Gasteiger partial charge on any atom is 0.328 e. The molecular formula is C18H25NO3S. The molecule has 3 aliphatic carbocycles. The van der Waals surface area contributed by atoms with Gasteiger partial charge in [-0.05, 0) is 52.9 Å². The van der Waals surface area contributed by atoms with E-state index in [2.05, 4.69) is 4.72 Å². The Labute approximate surface area is 141 Å². The molecule has 0 aromatic heterocycles. The Morgan fingerprint density at radius 1 is 1.35 bits per heavy atom. The van der Waals surface area contributed by atoms with Crippen molar-refractivity contribution in [2.24, 2.45) is 11.3 Å². The monoisotopic (exact) mass is 335 g/mol. The Bertz CT molecular complexity index is 591. The van der Waals surface area contributed by atoms with Gasteiger partial charge in [-0.1, -0.05) is 17.7 Å². The molecule has 23 heavy (non-hydrogen) atoms. The van der Waals surface area contributed by atoms with Crippen LogP contribution in [0.5, 0.6) is 0 Å². The molecule has 0 amide bonds. The molecule has 126 valence electrons. The number of carbonyl (C=O) groups is 1. The first-order valence-corrected chi connectivity index (χ1v) is 9.43. The van der Waals surface area contributed by atoms with Crippen LogP contribution in [0.4, 0.5) is 0 Å². The van der Waals surface area contributed by atoms with Crippen molar-refractivity contribution in [2.45, 2.75) is 57.9 Å². The van der Waals surface area contributed by atoms with Crippen LogP contribution in [-0.2, 0) is 20.9 Å². The van der Waals surface area contributed by atoms with Gasteiger partial charge < -0.3 is 9.29 Å². The molecule has 2 atom stereocenters. The van der Waals surface area contributed by atoms with E-state index in [-0.39, 0.29) is 11.4 Å². The Morgan fingerprint density at radius 2 is 1.91 bits per heavy atom. The van der Waals surface area contributed by atoms with Crippen LogP contribution in [-0.4, -0.2) is 23.2 Å². The SMILES string of the molecule is CCOC(=O)[C@@H](N[S@@+]([O-])c1c(C)cc(C)cc1C)C12CC(C1)C2. The lowest BCUT2D eigenvalue weighted by Gasteiger charge is -2.63. The lowest BCUT2D eigenvalue weighted by molar-refractivity contribution is -0.172. The molecule has 1 N–H and O–H groups in total. The maximum absolute atomic E-state index is 12.9. The second-order valence-electron chi connectivity index (χ2n) is 7.14. The molecular weight excluding hydrogens is 310 g/mol. The summed E-state index contributed by atoms with van der Waals surface area (Å²) >= 11 is -1.41. The van der Waals surface area contributed by atoms with Gasteiger partial charge in [0.2, 0.25) is 0 Å². The quantitative estimate of drug-likeness (QED) is 0.641. The summed E-state index contributed by atoms with van der Waals surface area (Å²) in [6.07, 6.45) is 3.14. The lowest BCUT2D eigenvalue weighted by atomic mass is 9.42. The first kappa shape index (κ1) is 16.8. The number of hydrogen-bond donors (Lipinski definition) is 1. The fourth-order valence-corrected chi connectivity index (χ4v) is 5.55. The van der Waals surface area contributed by atoms with Crippen LogP contribution in [0.25, 0.3) is 0 Å². The number of carbonyl (C=O) groups excluding carboxylic acids is 1. The van der Waals surface area contributed by atoms with E-state index >= 15 is 0 Å². The summed E-state index contributed by atoms with van der Waals surface area (Å²) in [4.78, 5) is 13.2. The third-order valence-electron chi connectivity index (χ3n) is 5.24. The fourth-order valence-electron chi connectivity index (χ4n) is 4.17. The van der Waals surface area contributed by atoms with E-state index in [0.29, 0.717) is 6.61 Å². The van der Waals surface area contributed by atoms with Crippen molar-refractivity contribution in [1.29, 1.82) is 0 Å². The summed E-state index contributed by atoms with van der Waals surface area (Å²) in [5.74, 6) is 0.492. The van der Waals surface area contributed by atoms with Crippen LogP contribution in [0.2, 0.25) is 0 Å². The van der Waals surface area contributed by atoms with Crippen molar-refractivity contribution in [1.82, 2.24) is 4.72 Å². The zero-order valence-electron chi connectivity index (χ0n) is 14.3. The molecule has 0 saturated heterocycles. The van der Waals surface area contributed by atoms with Crippen LogP contribution < -0.4 is 4.72 Å². The van der Waals surface area contributed by atoms with Gasteiger partial charge in [0.1, 0.15) is 0 Å². The molecule has 0 unspecified atom stereocenters. The molecule has 3 saturated carbocycles. The third-order valence-corrected chi connectivity index (χ3v) is 6.70. The van der Waals surface area contributed by atoms with Gasteiger partial charge in [-0.25, -0.2) is 0 Å². The minimum absolute atomic E-state index is 0.0287. The number of aryl methyl sites for hydroxylation is 3. The van der Waals surface area contributed by atoms with Crippen molar-refractivity contribution in [3.8, 4) is 0 Å². The topological polar surface area (TPSA) is 61.4 Å². The largest absolute Gasteiger partial charge is 0.593 e. The number of rotatable bonds is 6. The molecule has 3 aliphatic rings. The summed E-state index contributed by atoms with van der Waals surface area (Å²) in [6.45, 7) is 8.13. The zero-order chi connectivity index (χ0) is 16.8. The van der Waals surface area contributed by atoms with Gasteiger partial charge >= 0.3 is 5.97 Å². The van der Waals surface area contributed by atoms with Gasteiger partial charge in [0, 0.05) is 16.5 Å². The van der Waals surface area contributed by atoms with E-state index in [9.17, 15) is 9.35 Å². The summed E-state index contributed by atoms with van der Waals surface area (Å²) in [7, 11) is 0. The van der Waals surface area contributed by atoms with Gasteiger partial charge in [0.15, 0.2) is 10.9 Å². The number of hydrogen-bond acceptors (Lipinski definition) is 4. The van der Waals surface area contributed by atoms with E-state index < -0.39 is 17.4 Å². The Morgan fingerprint density at radius 3 is 2.35 bits per heavy atom. The Hall–Kier alpha value is -1.04. The highest BCUT2D eigenvalue weighted by Crippen LogP contribution is 2.66. The third kappa shape index (κ3) is 2.90. The van der Waals surface area contributed by atoms with E-state index in [1.807, 2.05) is 39.8 Å². The molecule has 4 nitrogen and oxygen atoms in total. The average molecular weight is 335 g/mol. The molecule has 2 bridgehead atoms. The van der Waals surface area contributed by atoms with E-state index in [1.165, 1.54) is 0 Å². The predicted octanol–water partition coefficient (Wildman–Crippen LogP) is 2.96. The lowest BCUT2D eigenvalue weighted by Crippen LogP contribution is -2.66. The molecule has 3 fully saturated rings. The summed E-state index contributed by atoms with van der Waals surface area (Å²) < 4.78 is 21.2. The number of benzene rings is 1. The van der Waals surface area contributed by atoms with Crippen LogP contribution >= 0.6 is 0 Å². The van der Waals surface area contributed by atoms with Gasteiger partial charge in [-0.3, -0.25) is 4.79 Å². The van der Waals surface area contributed by atoms with E-state index in [0.717, 1.165) is 46.8 Å². The molecule has 0 spiro atoms. The molecule has 1 aromatic carbocycles. The van der Waals surface area contributed by atoms with Crippen molar-refractivity contribution in [2.75, 3.05) is 6.61 Å². The molecule has 0 heterocycles. The van der Waals surface area contributed by atoms with Crippen molar-refractivity contribution < 1.29 is 14.1 Å². The zero-order valence-corrected chi connectivity index (χ0v) is 15.1. The predicted molar refractivity (Wildman–Crippen MR) is 90.4 cm³/mol. The van der Waals surface area contributed by atoms with Crippen LogP contribution in [0.3, 0.4) is 0 Å². The second-order valence-corrected chi connectivity index (χ2v) is 8.32. The van der Waals surface area contributed by atoms with Gasteiger partial charge in [0.05, 0.1) is 18.0 Å². The fraction of sp³-hybridized carbons (Fsp3) is 0.611. The molecule has 5 heteroatoms. The van der Waals surface area contributed by atoms with Gasteiger partial charge in [0.25, 0.3) is 0 Å². The first-order chi connectivity index (χ1) is 10.9. The second kappa shape index (κ2) is 6.11.